The average Bonchev–Trinajstić information content (AvgIpc) is 2.36. The number of carbonyl (C=O) groups excluding carboxylic acids is 2. The molecule has 1 fully saturated rings. The number of hydrogen-bond acceptors (Lipinski definition) is 6. The van der Waals surface area contributed by atoms with E-state index in [-0.39, 0.29) is 11.9 Å². The molecule has 6 nitrogen and oxygen atoms in total. The van der Waals surface area contributed by atoms with E-state index in [4.69, 9.17) is 14.2 Å². The van der Waals surface area contributed by atoms with Gasteiger partial charge in [-0.25, -0.2) is 0 Å². The lowest BCUT2D eigenvalue weighted by Crippen LogP contribution is -2.38. The fourth-order valence-electron chi connectivity index (χ4n) is 1.72. The van der Waals surface area contributed by atoms with E-state index in [1.807, 2.05) is 13.8 Å². The average molecular weight is 273 g/mol. The molecule has 19 heavy (non-hydrogen) atoms. The molecule has 0 aliphatic carbocycles. The minimum Gasteiger partial charge on any atom is -0.425 e. The third kappa shape index (κ3) is 6.54. The molecule has 0 amide bonds. The summed E-state index contributed by atoms with van der Waals surface area (Å²) in [5.41, 5.74) is 0. The number of nitrogens with zero attached hydrogens (tertiary/aromatic N) is 1. The molecule has 6 heteroatoms. The van der Waals surface area contributed by atoms with Crippen LogP contribution in [0.2, 0.25) is 0 Å². The van der Waals surface area contributed by atoms with Crippen molar-refractivity contribution in [2.24, 2.45) is 5.92 Å². The van der Waals surface area contributed by atoms with Crippen LogP contribution >= 0.6 is 0 Å². The highest BCUT2D eigenvalue weighted by atomic mass is 16.7. The SMILES string of the molecule is CC(=O)OC(OC(=O)CCN1CCOCC1)C(C)C. The highest BCUT2D eigenvalue weighted by Crippen LogP contribution is 2.10. The van der Waals surface area contributed by atoms with Gasteiger partial charge in [-0.15, -0.1) is 0 Å². The Morgan fingerprint density at radius 1 is 1.21 bits per heavy atom. The molecule has 0 saturated carbocycles. The molecule has 1 atom stereocenters. The summed E-state index contributed by atoms with van der Waals surface area (Å²) in [7, 11) is 0. The van der Waals surface area contributed by atoms with E-state index in [1.165, 1.54) is 6.92 Å². The van der Waals surface area contributed by atoms with Crippen LogP contribution in [-0.4, -0.2) is 56.0 Å². The first kappa shape index (κ1) is 15.9. The van der Waals surface area contributed by atoms with Crippen molar-refractivity contribution < 1.29 is 23.8 Å². The molecular formula is C13H23NO5. The van der Waals surface area contributed by atoms with Gasteiger partial charge in [0.1, 0.15) is 0 Å². The minimum absolute atomic E-state index is 0.0590. The Morgan fingerprint density at radius 3 is 2.37 bits per heavy atom. The zero-order valence-corrected chi connectivity index (χ0v) is 11.9. The number of carbonyl (C=O) groups is 2. The van der Waals surface area contributed by atoms with Gasteiger partial charge >= 0.3 is 11.9 Å². The molecule has 0 spiro atoms. The first-order valence-corrected chi connectivity index (χ1v) is 6.66. The van der Waals surface area contributed by atoms with Gasteiger partial charge in [-0.2, -0.15) is 0 Å². The van der Waals surface area contributed by atoms with Crippen LogP contribution in [0.3, 0.4) is 0 Å². The largest absolute Gasteiger partial charge is 0.425 e. The highest BCUT2D eigenvalue weighted by Gasteiger charge is 2.21. The van der Waals surface area contributed by atoms with Crippen molar-refractivity contribution in [2.75, 3.05) is 32.8 Å². The molecule has 1 heterocycles. The Labute approximate surface area is 114 Å². The topological polar surface area (TPSA) is 65.1 Å². The predicted molar refractivity (Wildman–Crippen MR) is 68.4 cm³/mol. The van der Waals surface area contributed by atoms with Gasteiger partial charge in [0.05, 0.1) is 19.6 Å². The normalized spacial score (nSPS) is 18.1. The van der Waals surface area contributed by atoms with Crippen molar-refractivity contribution in [3.05, 3.63) is 0 Å². The highest BCUT2D eigenvalue weighted by molar-refractivity contribution is 5.70. The summed E-state index contributed by atoms with van der Waals surface area (Å²) < 4.78 is 15.4. The molecule has 0 aromatic heterocycles. The summed E-state index contributed by atoms with van der Waals surface area (Å²) in [4.78, 5) is 24.8. The maximum absolute atomic E-state index is 11.7. The monoisotopic (exact) mass is 273 g/mol. The van der Waals surface area contributed by atoms with Gasteiger partial charge in [-0.05, 0) is 0 Å². The number of hydrogen-bond donors (Lipinski definition) is 0. The molecule has 0 bridgehead atoms. The molecule has 0 aromatic carbocycles. The van der Waals surface area contributed by atoms with Gasteiger partial charge in [0.2, 0.25) is 6.29 Å². The fourth-order valence-corrected chi connectivity index (χ4v) is 1.72. The van der Waals surface area contributed by atoms with Crippen molar-refractivity contribution in [3.63, 3.8) is 0 Å². The van der Waals surface area contributed by atoms with Crippen LogP contribution in [-0.2, 0) is 23.8 Å². The lowest BCUT2D eigenvalue weighted by Gasteiger charge is -2.26. The smallest absolute Gasteiger partial charge is 0.310 e. The summed E-state index contributed by atoms with van der Waals surface area (Å²) in [6.45, 7) is 8.71. The number of morpholine rings is 1. The Kier molecular flexibility index (Phi) is 6.80. The second kappa shape index (κ2) is 8.12. The molecule has 1 rings (SSSR count). The third-order valence-corrected chi connectivity index (χ3v) is 2.81. The van der Waals surface area contributed by atoms with E-state index in [9.17, 15) is 9.59 Å². The van der Waals surface area contributed by atoms with E-state index in [1.54, 1.807) is 0 Å². The Bertz CT molecular complexity index is 299. The fraction of sp³-hybridized carbons (Fsp3) is 0.846. The van der Waals surface area contributed by atoms with Crippen molar-refractivity contribution >= 4 is 11.9 Å². The molecule has 1 aliphatic rings. The molecule has 1 saturated heterocycles. The summed E-state index contributed by atoms with van der Waals surface area (Å²) in [5, 5.41) is 0. The van der Waals surface area contributed by atoms with Gasteiger partial charge in [-0.3, -0.25) is 14.5 Å². The molecule has 110 valence electrons. The Hall–Kier alpha value is -1.14. The lowest BCUT2D eigenvalue weighted by molar-refractivity contribution is -0.194. The van der Waals surface area contributed by atoms with Crippen LogP contribution < -0.4 is 0 Å². The number of ether oxygens (including phenoxy) is 3. The second-order valence-electron chi connectivity index (χ2n) is 4.92. The molecule has 1 aliphatic heterocycles. The van der Waals surface area contributed by atoms with Crippen LogP contribution in [0.1, 0.15) is 27.2 Å². The second-order valence-corrected chi connectivity index (χ2v) is 4.92. The van der Waals surface area contributed by atoms with Crippen LogP contribution in [0.15, 0.2) is 0 Å². The van der Waals surface area contributed by atoms with Crippen LogP contribution in [0.4, 0.5) is 0 Å². The zero-order chi connectivity index (χ0) is 14.3. The van der Waals surface area contributed by atoms with E-state index in [0.717, 1.165) is 13.1 Å². The van der Waals surface area contributed by atoms with Crippen LogP contribution in [0.5, 0.6) is 0 Å². The van der Waals surface area contributed by atoms with Gasteiger partial charge in [0, 0.05) is 32.5 Å². The van der Waals surface area contributed by atoms with Crippen molar-refractivity contribution in [1.29, 1.82) is 0 Å². The van der Waals surface area contributed by atoms with Crippen molar-refractivity contribution in [2.45, 2.75) is 33.5 Å². The quantitative estimate of drug-likeness (QED) is 0.527. The van der Waals surface area contributed by atoms with Crippen LogP contribution in [0, 0.1) is 5.92 Å². The summed E-state index contributed by atoms with van der Waals surface area (Å²) >= 11 is 0. The van der Waals surface area contributed by atoms with Crippen molar-refractivity contribution in [1.82, 2.24) is 4.90 Å². The molecule has 1 unspecified atom stereocenters. The van der Waals surface area contributed by atoms with Gasteiger partial charge in [-0.1, -0.05) is 13.8 Å². The van der Waals surface area contributed by atoms with E-state index in [2.05, 4.69) is 4.90 Å². The van der Waals surface area contributed by atoms with E-state index in [0.29, 0.717) is 26.2 Å². The van der Waals surface area contributed by atoms with E-state index >= 15 is 0 Å². The maximum Gasteiger partial charge on any atom is 0.310 e. The number of esters is 2. The zero-order valence-electron chi connectivity index (χ0n) is 11.9. The first-order valence-electron chi connectivity index (χ1n) is 6.66. The predicted octanol–water partition coefficient (Wildman–Crippen LogP) is 0.797. The van der Waals surface area contributed by atoms with Gasteiger partial charge < -0.3 is 14.2 Å². The van der Waals surface area contributed by atoms with Gasteiger partial charge in [0.15, 0.2) is 0 Å². The Balaban J connectivity index is 2.29. The molecule has 0 aromatic rings. The first-order chi connectivity index (χ1) is 8.99. The molecule has 0 radical (unpaired) electrons. The summed E-state index contributed by atoms with van der Waals surface area (Å²) in [5.74, 6) is -0.845. The Morgan fingerprint density at radius 2 is 1.84 bits per heavy atom. The third-order valence-electron chi connectivity index (χ3n) is 2.81. The molecular weight excluding hydrogens is 250 g/mol. The maximum atomic E-state index is 11.7. The summed E-state index contributed by atoms with van der Waals surface area (Å²) in [6, 6.07) is 0. The summed E-state index contributed by atoms with van der Waals surface area (Å²) in [6.07, 6.45) is -0.500. The van der Waals surface area contributed by atoms with Crippen molar-refractivity contribution in [3.8, 4) is 0 Å². The number of rotatable bonds is 6. The molecule has 0 N–H and O–H groups in total. The van der Waals surface area contributed by atoms with Gasteiger partial charge in [0.25, 0.3) is 0 Å². The van der Waals surface area contributed by atoms with Crippen LogP contribution in [0.25, 0.3) is 0 Å². The minimum atomic E-state index is -0.797. The standard InChI is InChI=1S/C13H23NO5/c1-10(2)13(18-11(3)15)19-12(16)4-5-14-6-8-17-9-7-14/h10,13H,4-9H2,1-3H3. The van der Waals surface area contributed by atoms with E-state index < -0.39 is 12.3 Å². The lowest BCUT2D eigenvalue weighted by atomic mass is 10.2.